The highest BCUT2D eigenvalue weighted by atomic mass is 32.3. The first-order valence-electron chi connectivity index (χ1n) is 11.3. The number of benzene rings is 3. The molecule has 0 aliphatic rings. The highest BCUT2D eigenvalue weighted by molar-refractivity contribution is 7.89. The molecule has 0 aliphatic carbocycles. The van der Waals surface area contributed by atoms with Gasteiger partial charge in [0.15, 0.2) is 4.21 Å². The van der Waals surface area contributed by atoms with Crippen LogP contribution in [0.2, 0.25) is 0 Å². The van der Waals surface area contributed by atoms with Gasteiger partial charge in [-0.2, -0.15) is 8.42 Å². The summed E-state index contributed by atoms with van der Waals surface area (Å²) < 4.78 is 31.1. The van der Waals surface area contributed by atoms with E-state index in [0.717, 1.165) is 49.9 Å². The van der Waals surface area contributed by atoms with E-state index in [1.807, 2.05) is 60.8 Å². The van der Waals surface area contributed by atoms with Crippen molar-refractivity contribution in [2.75, 3.05) is 5.32 Å². The van der Waals surface area contributed by atoms with E-state index in [4.69, 9.17) is 9.17 Å². The molecule has 9 heteroatoms. The number of hydrogen-bond donors (Lipinski definition) is 2. The Morgan fingerprint density at radius 3 is 2.46 bits per heavy atom. The number of aromatic amines is 1. The lowest BCUT2D eigenvalue weighted by molar-refractivity contribution is -0.105. The zero-order valence-electron chi connectivity index (χ0n) is 19.2. The third kappa shape index (κ3) is 4.24. The van der Waals surface area contributed by atoms with Crippen molar-refractivity contribution in [3.8, 4) is 28.0 Å². The smallest absolute Gasteiger partial charge is 0.348 e. The second-order valence-corrected chi connectivity index (χ2v) is 11.0. The first-order valence-corrected chi connectivity index (χ1v) is 13.6. The Bertz CT molecular complexity index is 1850. The number of nitrogens with zero attached hydrogens (tertiary/aromatic N) is 1. The van der Waals surface area contributed by atoms with Crippen molar-refractivity contribution < 1.29 is 17.4 Å². The monoisotopic (exact) mass is 525 g/mol. The average molecular weight is 526 g/mol. The van der Waals surface area contributed by atoms with Crippen molar-refractivity contribution in [2.24, 2.45) is 0 Å². The zero-order chi connectivity index (χ0) is 25.4. The molecular formula is C28H19N3O4S2. The van der Waals surface area contributed by atoms with Gasteiger partial charge >= 0.3 is 10.1 Å². The summed E-state index contributed by atoms with van der Waals surface area (Å²) in [6, 6.07) is 25.8. The molecule has 0 radical (unpaired) electrons. The Hall–Kier alpha value is -4.47. The van der Waals surface area contributed by atoms with Crippen LogP contribution in [0.3, 0.4) is 0 Å². The second kappa shape index (κ2) is 9.20. The molecule has 0 fully saturated rings. The number of aromatic nitrogens is 2. The van der Waals surface area contributed by atoms with Crippen molar-refractivity contribution in [3.05, 3.63) is 96.5 Å². The van der Waals surface area contributed by atoms with Crippen LogP contribution in [0, 0.1) is 0 Å². The van der Waals surface area contributed by atoms with E-state index in [9.17, 15) is 13.2 Å². The van der Waals surface area contributed by atoms with Crippen LogP contribution in [-0.2, 0) is 14.9 Å². The zero-order valence-corrected chi connectivity index (χ0v) is 20.8. The number of thiophene rings is 1. The largest absolute Gasteiger partial charge is 0.378 e. The summed E-state index contributed by atoms with van der Waals surface area (Å²) in [4.78, 5) is 18.9. The Balaban J connectivity index is 1.57. The number of fused-ring (bicyclic) bond motifs is 3. The van der Waals surface area contributed by atoms with E-state index in [2.05, 4.69) is 10.3 Å². The van der Waals surface area contributed by atoms with E-state index < -0.39 is 10.1 Å². The summed E-state index contributed by atoms with van der Waals surface area (Å²) in [6.45, 7) is 0. The SMILES string of the molecule is O=CNc1ccc(-c2cnc3[nH]c4ccc(OS(=O)(=O)c5cccs5)cc4c3c2-c2ccccc2)cc1. The van der Waals surface area contributed by atoms with Crippen molar-refractivity contribution in [1.82, 2.24) is 9.97 Å². The predicted molar refractivity (Wildman–Crippen MR) is 146 cm³/mol. The van der Waals surface area contributed by atoms with Crippen molar-refractivity contribution in [2.45, 2.75) is 4.21 Å². The molecule has 3 aromatic carbocycles. The van der Waals surface area contributed by atoms with Gasteiger partial charge in [-0.05, 0) is 52.9 Å². The average Bonchev–Trinajstić information content (AvgIpc) is 3.58. The van der Waals surface area contributed by atoms with Gasteiger partial charge in [-0.3, -0.25) is 4.79 Å². The third-order valence-corrected chi connectivity index (χ3v) is 8.63. The van der Waals surface area contributed by atoms with Crippen LogP contribution in [0.15, 0.2) is 101 Å². The molecule has 0 spiro atoms. The summed E-state index contributed by atoms with van der Waals surface area (Å²) in [7, 11) is -3.94. The quantitative estimate of drug-likeness (QED) is 0.184. The lowest BCUT2D eigenvalue weighted by Crippen LogP contribution is -2.07. The fourth-order valence-electron chi connectivity index (χ4n) is 4.40. The van der Waals surface area contributed by atoms with Gasteiger partial charge < -0.3 is 14.5 Å². The van der Waals surface area contributed by atoms with Crippen molar-refractivity contribution in [1.29, 1.82) is 0 Å². The number of nitrogens with one attached hydrogen (secondary N) is 2. The van der Waals surface area contributed by atoms with Crippen molar-refractivity contribution >= 4 is 55.5 Å². The summed E-state index contributed by atoms with van der Waals surface area (Å²) >= 11 is 1.11. The minimum Gasteiger partial charge on any atom is -0.378 e. The fourth-order valence-corrected chi connectivity index (χ4v) is 6.27. The van der Waals surface area contributed by atoms with E-state index in [-0.39, 0.29) is 9.96 Å². The van der Waals surface area contributed by atoms with Gasteiger partial charge in [0, 0.05) is 39.3 Å². The maximum Gasteiger partial charge on any atom is 0.348 e. The fraction of sp³-hybridized carbons (Fsp3) is 0. The van der Waals surface area contributed by atoms with E-state index in [1.165, 1.54) is 6.07 Å². The number of amides is 1. The summed E-state index contributed by atoms with van der Waals surface area (Å²) in [5, 5.41) is 6.00. The van der Waals surface area contributed by atoms with Crippen LogP contribution in [0.1, 0.15) is 0 Å². The van der Waals surface area contributed by atoms with Gasteiger partial charge in [-0.15, -0.1) is 11.3 Å². The number of carbonyl (C=O) groups is 1. The number of pyridine rings is 1. The number of anilines is 1. The Morgan fingerprint density at radius 1 is 0.919 bits per heavy atom. The van der Waals surface area contributed by atoms with Gasteiger partial charge in [-0.25, -0.2) is 4.98 Å². The Kier molecular flexibility index (Phi) is 5.71. The first kappa shape index (κ1) is 23.0. The molecule has 6 aromatic rings. The molecule has 1 amide bonds. The van der Waals surface area contributed by atoms with Crippen LogP contribution in [-0.4, -0.2) is 24.8 Å². The second-order valence-electron chi connectivity index (χ2n) is 8.28. The summed E-state index contributed by atoms with van der Waals surface area (Å²) in [5.41, 5.74) is 5.93. The Morgan fingerprint density at radius 2 is 1.73 bits per heavy atom. The lowest BCUT2D eigenvalue weighted by Gasteiger charge is -2.13. The summed E-state index contributed by atoms with van der Waals surface area (Å²) in [5.74, 6) is 0.218. The highest BCUT2D eigenvalue weighted by Gasteiger charge is 2.21. The highest BCUT2D eigenvalue weighted by Crippen LogP contribution is 2.41. The molecule has 3 aromatic heterocycles. The number of rotatable bonds is 7. The normalized spacial score (nSPS) is 11.6. The van der Waals surface area contributed by atoms with E-state index in [0.29, 0.717) is 17.7 Å². The minimum absolute atomic E-state index is 0.146. The van der Waals surface area contributed by atoms with Crippen molar-refractivity contribution in [3.63, 3.8) is 0 Å². The van der Waals surface area contributed by atoms with Gasteiger partial charge in [-0.1, -0.05) is 48.5 Å². The molecule has 6 rings (SSSR count). The molecule has 0 saturated heterocycles. The topological polar surface area (TPSA) is 101 Å². The van der Waals surface area contributed by atoms with Gasteiger partial charge in [0.1, 0.15) is 11.4 Å². The molecule has 0 atom stereocenters. The molecule has 182 valence electrons. The molecule has 3 heterocycles. The molecule has 0 bridgehead atoms. The molecule has 0 saturated carbocycles. The molecule has 2 N–H and O–H groups in total. The number of hydrogen-bond acceptors (Lipinski definition) is 6. The number of H-pyrrole nitrogens is 1. The van der Waals surface area contributed by atoms with Crippen LogP contribution in [0.4, 0.5) is 5.69 Å². The maximum atomic E-state index is 12.7. The standard InChI is InChI=1S/C28H19N3O4S2/c32-17-30-20-10-8-18(9-11-20)23-16-29-28-27(26(23)19-5-2-1-3-6-19)22-15-21(12-13-24(22)31-28)35-37(33,34)25-7-4-14-36-25/h1-17H,(H,29,31)(H,30,32). The van der Waals surface area contributed by atoms with Gasteiger partial charge in [0.25, 0.3) is 0 Å². The van der Waals surface area contributed by atoms with Gasteiger partial charge in [0.2, 0.25) is 6.41 Å². The van der Waals surface area contributed by atoms with Crippen LogP contribution in [0.25, 0.3) is 44.2 Å². The third-order valence-electron chi connectivity index (χ3n) is 6.02. The molecule has 37 heavy (non-hydrogen) atoms. The van der Waals surface area contributed by atoms with E-state index >= 15 is 0 Å². The van der Waals surface area contributed by atoms with E-state index in [1.54, 1.807) is 29.6 Å². The predicted octanol–water partition coefficient (Wildman–Crippen LogP) is 6.45. The molecule has 0 aliphatic heterocycles. The van der Waals surface area contributed by atoms with Crippen LogP contribution >= 0.6 is 11.3 Å². The lowest BCUT2D eigenvalue weighted by atomic mass is 9.92. The molecular weight excluding hydrogens is 506 g/mol. The molecule has 0 unspecified atom stereocenters. The summed E-state index contributed by atoms with van der Waals surface area (Å²) in [6.07, 6.45) is 2.46. The van der Waals surface area contributed by atoms with Gasteiger partial charge in [0.05, 0.1) is 0 Å². The molecule has 7 nitrogen and oxygen atoms in total. The number of carbonyl (C=O) groups excluding carboxylic acids is 1. The van der Waals surface area contributed by atoms with Crippen LogP contribution in [0.5, 0.6) is 5.75 Å². The minimum atomic E-state index is -3.94. The maximum absolute atomic E-state index is 12.7. The van der Waals surface area contributed by atoms with Crippen LogP contribution < -0.4 is 9.50 Å². The first-order chi connectivity index (χ1) is 18.0. The Labute approximate surface area is 216 Å².